The van der Waals surface area contributed by atoms with Crippen molar-refractivity contribution in [3.63, 3.8) is 0 Å². The quantitative estimate of drug-likeness (QED) is 0.562. The number of anilines is 1. The number of para-hydroxylation sites is 2. The molecule has 0 aliphatic heterocycles. The van der Waals surface area contributed by atoms with Crippen molar-refractivity contribution in [3.8, 4) is 5.75 Å². The number of rotatable bonds is 8. The van der Waals surface area contributed by atoms with E-state index in [0.717, 1.165) is 17.5 Å². The Labute approximate surface area is 174 Å². The van der Waals surface area contributed by atoms with E-state index in [0.29, 0.717) is 6.54 Å². The van der Waals surface area contributed by atoms with Gasteiger partial charge in [0.15, 0.2) is 0 Å². The first-order valence-electron chi connectivity index (χ1n) is 9.45. The molecule has 0 bridgehead atoms. The Morgan fingerprint density at radius 3 is 2.30 bits per heavy atom. The van der Waals surface area contributed by atoms with Crippen LogP contribution in [-0.4, -0.2) is 30.6 Å². The number of benzene rings is 2. The van der Waals surface area contributed by atoms with E-state index >= 15 is 0 Å². The van der Waals surface area contributed by atoms with Crippen molar-refractivity contribution in [2.45, 2.75) is 37.8 Å². The molecule has 160 valence electrons. The molecule has 9 nitrogen and oxygen atoms in total. The standard InChI is InChI=1S/C20H24N4O5S/c1-3-11-23-15-6-4-5-7-16(15)24(20(23)26)12-10-19(25)22-14-8-9-17(29-2)18(13-14)30(21,27)28/h4-9,13H,3,10-12H2,1-2H3,(H,22,25)(H2,21,27,28). The first-order valence-corrected chi connectivity index (χ1v) is 11.0. The molecule has 0 saturated heterocycles. The zero-order chi connectivity index (χ0) is 21.9. The maximum Gasteiger partial charge on any atom is 0.329 e. The van der Waals surface area contributed by atoms with Gasteiger partial charge in [0.1, 0.15) is 10.6 Å². The average molecular weight is 433 g/mol. The number of hydrogen-bond acceptors (Lipinski definition) is 5. The Bertz CT molecular complexity index is 1240. The van der Waals surface area contributed by atoms with Gasteiger partial charge in [-0.15, -0.1) is 0 Å². The van der Waals surface area contributed by atoms with Crippen LogP contribution < -0.4 is 20.9 Å². The minimum absolute atomic E-state index is 0.0385. The molecule has 1 heterocycles. The smallest absolute Gasteiger partial charge is 0.329 e. The second kappa shape index (κ2) is 8.72. The Balaban J connectivity index is 1.79. The minimum Gasteiger partial charge on any atom is -0.495 e. The summed E-state index contributed by atoms with van der Waals surface area (Å²) in [6, 6.07) is 11.6. The van der Waals surface area contributed by atoms with E-state index in [1.807, 2.05) is 31.2 Å². The number of carbonyl (C=O) groups excluding carboxylic acids is 1. The highest BCUT2D eigenvalue weighted by Crippen LogP contribution is 2.26. The number of amides is 1. The van der Waals surface area contributed by atoms with Crippen LogP contribution in [-0.2, 0) is 27.9 Å². The minimum atomic E-state index is -4.02. The average Bonchev–Trinajstić information content (AvgIpc) is 2.97. The van der Waals surface area contributed by atoms with E-state index in [1.54, 1.807) is 9.13 Å². The van der Waals surface area contributed by atoms with Crippen molar-refractivity contribution in [2.75, 3.05) is 12.4 Å². The van der Waals surface area contributed by atoms with Gasteiger partial charge in [0, 0.05) is 25.2 Å². The molecule has 0 fully saturated rings. The molecule has 0 spiro atoms. The van der Waals surface area contributed by atoms with Gasteiger partial charge in [-0.2, -0.15) is 0 Å². The third kappa shape index (κ3) is 4.39. The van der Waals surface area contributed by atoms with Crippen LogP contribution in [0.3, 0.4) is 0 Å². The highest BCUT2D eigenvalue weighted by Gasteiger charge is 2.17. The largest absolute Gasteiger partial charge is 0.495 e. The number of sulfonamides is 1. The van der Waals surface area contributed by atoms with Crippen LogP contribution >= 0.6 is 0 Å². The van der Waals surface area contributed by atoms with Crippen LogP contribution in [0.2, 0.25) is 0 Å². The molecule has 1 aromatic heterocycles. The number of primary sulfonamides is 1. The molecule has 3 rings (SSSR count). The highest BCUT2D eigenvalue weighted by molar-refractivity contribution is 7.89. The fraction of sp³-hybridized carbons (Fsp3) is 0.300. The summed E-state index contributed by atoms with van der Waals surface area (Å²) in [4.78, 5) is 25.0. The van der Waals surface area contributed by atoms with Crippen LogP contribution in [0, 0.1) is 0 Å². The molecule has 1 amide bonds. The highest BCUT2D eigenvalue weighted by atomic mass is 32.2. The number of nitrogens with one attached hydrogen (secondary N) is 1. The fourth-order valence-electron chi connectivity index (χ4n) is 3.34. The number of nitrogens with two attached hydrogens (primary N) is 1. The second-order valence-corrected chi connectivity index (χ2v) is 8.31. The molecule has 0 atom stereocenters. The predicted octanol–water partition coefficient (Wildman–Crippen LogP) is 1.90. The Hall–Kier alpha value is -3.11. The summed E-state index contributed by atoms with van der Waals surface area (Å²) < 4.78 is 31.7. The van der Waals surface area contributed by atoms with Crippen molar-refractivity contribution in [1.82, 2.24) is 9.13 Å². The maximum atomic E-state index is 12.8. The number of carbonyl (C=O) groups is 1. The Morgan fingerprint density at radius 2 is 1.73 bits per heavy atom. The van der Waals surface area contributed by atoms with Gasteiger partial charge in [-0.05, 0) is 36.8 Å². The van der Waals surface area contributed by atoms with E-state index in [9.17, 15) is 18.0 Å². The summed E-state index contributed by atoms with van der Waals surface area (Å²) >= 11 is 0. The van der Waals surface area contributed by atoms with E-state index in [2.05, 4.69) is 5.32 Å². The Morgan fingerprint density at radius 1 is 1.10 bits per heavy atom. The van der Waals surface area contributed by atoms with Crippen LogP contribution in [0.4, 0.5) is 5.69 Å². The first-order chi connectivity index (χ1) is 14.3. The number of imidazole rings is 1. The summed E-state index contributed by atoms with van der Waals surface area (Å²) in [5.41, 5.74) is 1.71. The molecule has 10 heteroatoms. The van der Waals surface area contributed by atoms with E-state index in [1.165, 1.54) is 25.3 Å². The molecule has 0 aliphatic rings. The van der Waals surface area contributed by atoms with Crippen molar-refractivity contribution in [2.24, 2.45) is 5.14 Å². The molecule has 0 unspecified atom stereocenters. The van der Waals surface area contributed by atoms with Crippen molar-refractivity contribution in [1.29, 1.82) is 0 Å². The van der Waals surface area contributed by atoms with Gasteiger partial charge in [-0.3, -0.25) is 13.9 Å². The molecule has 0 radical (unpaired) electrons. The lowest BCUT2D eigenvalue weighted by atomic mass is 10.2. The zero-order valence-corrected chi connectivity index (χ0v) is 17.6. The van der Waals surface area contributed by atoms with E-state index in [4.69, 9.17) is 9.88 Å². The maximum absolute atomic E-state index is 12.8. The van der Waals surface area contributed by atoms with Gasteiger partial charge in [0.25, 0.3) is 0 Å². The summed E-state index contributed by atoms with van der Waals surface area (Å²) in [6.07, 6.45) is 0.856. The van der Waals surface area contributed by atoms with Crippen molar-refractivity contribution < 1.29 is 17.9 Å². The van der Waals surface area contributed by atoms with Gasteiger partial charge in [-0.25, -0.2) is 18.4 Å². The van der Waals surface area contributed by atoms with Gasteiger partial charge >= 0.3 is 5.69 Å². The van der Waals surface area contributed by atoms with Gasteiger partial charge < -0.3 is 10.1 Å². The number of ether oxygens (including phenoxy) is 1. The number of hydrogen-bond donors (Lipinski definition) is 2. The predicted molar refractivity (Wildman–Crippen MR) is 114 cm³/mol. The number of nitrogens with zero attached hydrogens (tertiary/aromatic N) is 2. The van der Waals surface area contributed by atoms with E-state index in [-0.39, 0.29) is 40.9 Å². The van der Waals surface area contributed by atoms with Crippen LogP contribution in [0.1, 0.15) is 19.8 Å². The van der Waals surface area contributed by atoms with Gasteiger partial charge in [0.05, 0.1) is 18.1 Å². The molecule has 30 heavy (non-hydrogen) atoms. The molecular formula is C20H24N4O5S. The number of fused-ring (bicyclic) bond motifs is 1. The number of aromatic nitrogens is 2. The van der Waals surface area contributed by atoms with Crippen molar-refractivity contribution in [3.05, 3.63) is 52.9 Å². The topological polar surface area (TPSA) is 125 Å². The monoisotopic (exact) mass is 432 g/mol. The lowest BCUT2D eigenvalue weighted by molar-refractivity contribution is -0.116. The zero-order valence-electron chi connectivity index (χ0n) is 16.8. The van der Waals surface area contributed by atoms with Crippen LogP contribution in [0.25, 0.3) is 11.0 Å². The van der Waals surface area contributed by atoms with Crippen LogP contribution in [0.15, 0.2) is 52.2 Å². The van der Waals surface area contributed by atoms with Crippen LogP contribution in [0.5, 0.6) is 5.75 Å². The normalized spacial score (nSPS) is 11.6. The molecule has 3 aromatic rings. The SMILES string of the molecule is CCCn1c(=O)n(CCC(=O)Nc2ccc(OC)c(S(N)(=O)=O)c2)c2ccccc21. The number of aryl methyl sites for hydroxylation is 2. The first kappa shape index (κ1) is 21.6. The third-order valence-corrected chi connectivity index (χ3v) is 5.62. The molecule has 0 saturated carbocycles. The van der Waals surface area contributed by atoms with Gasteiger partial charge in [-0.1, -0.05) is 19.1 Å². The molecule has 0 aliphatic carbocycles. The summed E-state index contributed by atoms with van der Waals surface area (Å²) in [6.45, 7) is 2.79. The molecule has 2 aromatic carbocycles. The number of methoxy groups -OCH3 is 1. The summed E-state index contributed by atoms with van der Waals surface area (Å²) in [7, 11) is -2.69. The molecule has 3 N–H and O–H groups in total. The fourth-order valence-corrected chi connectivity index (χ4v) is 4.06. The summed E-state index contributed by atoms with van der Waals surface area (Å²) in [5, 5.41) is 7.84. The van der Waals surface area contributed by atoms with E-state index < -0.39 is 10.0 Å². The third-order valence-electron chi connectivity index (χ3n) is 4.69. The second-order valence-electron chi connectivity index (χ2n) is 6.78. The lowest BCUT2D eigenvalue weighted by Gasteiger charge is -2.10. The van der Waals surface area contributed by atoms with Crippen molar-refractivity contribution >= 4 is 32.7 Å². The van der Waals surface area contributed by atoms with Gasteiger partial charge in [0.2, 0.25) is 15.9 Å². The Kier molecular flexibility index (Phi) is 6.28. The molecular weight excluding hydrogens is 408 g/mol. The summed E-state index contributed by atoms with van der Waals surface area (Å²) in [5.74, 6) is -0.273. The lowest BCUT2D eigenvalue weighted by Crippen LogP contribution is -2.26.